The van der Waals surface area contributed by atoms with E-state index in [1.165, 1.54) is 18.2 Å². The summed E-state index contributed by atoms with van der Waals surface area (Å²) in [5, 5.41) is 2.57. The van der Waals surface area contributed by atoms with Crippen molar-refractivity contribution in [1.82, 2.24) is 5.32 Å². The van der Waals surface area contributed by atoms with E-state index in [0.717, 1.165) is 0 Å². The van der Waals surface area contributed by atoms with Crippen LogP contribution in [0.5, 0.6) is 5.75 Å². The predicted molar refractivity (Wildman–Crippen MR) is 72.5 cm³/mol. The maximum Gasteiger partial charge on any atom is 0.573 e. The quantitative estimate of drug-likeness (QED) is 0.821. The van der Waals surface area contributed by atoms with Gasteiger partial charge < -0.3 is 10.1 Å². The maximum atomic E-state index is 12.2. The summed E-state index contributed by atoms with van der Waals surface area (Å²) in [4.78, 5) is 11.3. The first kappa shape index (κ1) is 16.8. The zero-order chi connectivity index (χ0) is 15.3. The van der Waals surface area contributed by atoms with Gasteiger partial charge in [0.15, 0.2) is 0 Å². The number of halogens is 4. The van der Waals surface area contributed by atoms with E-state index >= 15 is 0 Å². The number of carbonyl (C=O) groups is 1. The molecule has 1 aromatic carbocycles. The fourth-order valence-electron chi connectivity index (χ4n) is 1.46. The van der Waals surface area contributed by atoms with Crippen LogP contribution in [0, 0.1) is 5.92 Å². The van der Waals surface area contributed by atoms with E-state index in [4.69, 9.17) is 0 Å². The molecule has 0 heterocycles. The molecule has 0 aromatic heterocycles. The van der Waals surface area contributed by atoms with Gasteiger partial charge in [-0.25, -0.2) is 0 Å². The van der Waals surface area contributed by atoms with E-state index in [2.05, 4.69) is 26.0 Å². The normalized spacial score (nSPS) is 13.2. The molecule has 0 aliphatic heterocycles. The number of rotatable bonds is 5. The number of alkyl halides is 4. The average Bonchev–Trinajstić information content (AvgIpc) is 2.34. The van der Waals surface area contributed by atoms with Crippen molar-refractivity contribution in [3.8, 4) is 5.75 Å². The Balaban J connectivity index is 2.71. The Hall–Kier alpha value is -1.24. The fraction of sp³-hybridized carbons (Fsp3) is 0.462. The predicted octanol–water partition coefficient (Wildman–Crippen LogP) is 3.62. The molecular formula is C13H15BrF3NO2. The van der Waals surface area contributed by atoms with Gasteiger partial charge in [-0.1, -0.05) is 48.0 Å². The van der Waals surface area contributed by atoms with Crippen molar-refractivity contribution in [3.63, 3.8) is 0 Å². The van der Waals surface area contributed by atoms with Gasteiger partial charge in [-0.05, 0) is 12.0 Å². The number of para-hydroxylation sites is 1. The molecule has 0 saturated carbocycles. The molecule has 1 N–H and O–H groups in total. The number of ether oxygens (including phenoxy) is 1. The summed E-state index contributed by atoms with van der Waals surface area (Å²) in [7, 11) is 0. The lowest BCUT2D eigenvalue weighted by molar-refractivity contribution is -0.274. The van der Waals surface area contributed by atoms with E-state index in [1.807, 2.05) is 13.8 Å². The van der Waals surface area contributed by atoms with Crippen LogP contribution >= 0.6 is 15.9 Å². The second kappa shape index (κ2) is 6.97. The number of nitrogens with one attached hydrogen (secondary N) is 1. The van der Waals surface area contributed by atoms with E-state index in [-0.39, 0.29) is 29.7 Å². The molecule has 112 valence electrons. The van der Waals surface area contributed by atoms with Crippen LogP contribution in [-0.2, 0) is 11.3 Å². The van der Waals surface area contributed by atoms with Crippen molar-refractivity contribution in [3.05, 3.63) is 29.8 Å². The molecule has 0 saturated heterocycles. The van der Waals surface area contributed by atoms with Crippen LogP contribution in [-0.4, -0.2) is 17.1 Å². The zero-order valence-corrected chi connectivity index (χ0v) is 12.6. The molecule has 0 radical (unpaired) electrons. The number of benzene rings is 1. The van der Waals surface area contributed by atoms with E-state index in [0.29, 0.717) is 0 Å². The first-order chi connectivity index (χ1) is 9.20. The molecule has 0 spiro atoms. The largest absolute Gasteiger partial charge is 0.573 e. The second-order valence-corrected chi connectivity index (χ2v) is 5.51. The number of carbonyl (C=O) groups excluding carboxylic acids is 1. The molecule has 0 aliphatic rings. The third kappa shape index (κ3) is 5.40. The van der Waals surface area contributed by atoms with Gasteiger partial charge in [-0.2, -0.15) is 0 Å². The van der Waals surface area contributed by atoms with Crippen LogP contribution in [0.4, 0.5) is 13.2 Å². The fourth-order valence-corrected chi connectivity index (χ4v) is 1.62. The van der Waals surface area contributed by atoms with Crippen molar-refractivity contribution < 1.29 is 22.7 Å². The first-order valence-corrected chi connectivity index (χ1v) is 6.87. The summed E-state index contributed by atoms with van der Waals surface area (Å²) in [6.45, 7) is 3.69. The van der Waals surface area contributed by atoms with Gasteiger partial charge in [0.2, 0.25) is 5.91 Å². The van der Waals surface area contributed by atoms with Crippen LogP contribution in [0.1, 0.15) is 19.4 Å². The molecule has 20 heavy (non-hydrogen) atoms. The molecule has 1 unspecified atom stereocenters. The minimum atomic E-state index is -4.75. The monoisotopic (exact) mass is 353 g/mol. The van der Waals surface area contributed by atoms with Gasteiger partial charge in [0.1, 0.15) is 5.75 Å². The lowest BCUT2D eigenvalue weighted by Crippen LogP contribution is -2.33. The molecule has 0 fully saturated rings. The summed E-state index contributed by atoms with van der Waals surface area (Å²) in [6, 6.07) is 5.70. The SMILES string of the molecule is CC(C)C(Br)C(=O)NCc1ccccc1OC(F)(F)F. The van der Waals surface area contributed by atoms with Gasteiger partial charge in [0.25, 0.3) is 0 Å². The minimum Gasteiger partial charge on any atom is -0.405 e. The van der Waals surface area contributed by atoms with E-state index < -0.39 is 11.2 Å². The molecule has 0 bridgehead atoms. The van der Waals surface area contributed by atoms with Gasteiger partial charge in [0, 0.05) is 12.1 Å². The van der Waals surface area contributed by atoms with Gasteiger partial charge in [-0.3, -0.25) is 4.79 Å². The molecule has 7 heteroatoms. The molecule has 3 nitrogen and oxygen atoms in total. The molecular weight excluding hydrogens is 339 g/mol. The lowest BCUT2D eigenvalue weighted by Gasteiger charge is -2.16. The van der Waals surface area contributed by atoms with Crippen molar-refractivity contribution in [2.75, 3.05) is 0 Å². The third-order valence-corrected chi connectivity index (χ3v) is 3.96. The Morgan fingerprint density at radius 2 is 1.95 bits per heavy atom. The van der Waals surface area contributed by atoms with Crippen molar-refractivity contribution in [1.29, 1.82) is 0 Å². The second-order valence-electron chi connectivity index (χ2n) is 4.52. The highest BCUT2D eigenvalue weighted by atomic mass is 79.9. The lowest BCUT2D eigenvalue weighted by atomic mass is 10.1. The maximum absolute atomic E-state index is 12.2. The van der Waals surface area contributed by atoms with Crippen molar-refractivity contribution in [2.45, 2.75) is 31.6 Å². The smallest absolute Gasteiger partial charge is 0.405 e. The zero-order valence-electron chi connectivity index (χ0n) is 11.0. The average molecular weight is 354 g/mol. The molecule has 1 atom stereocenters. The van der Waals surface area contributed by atoms with Gasteiger partial charge in [-0.15, -0.1) is 13.2 Å². The molecule has 1 aromatic rings. The summed E-state index contributed by atoms with van der Waals surface area (Å²) in [6.07, 6.45) is -4.75. The summed E-state index contributed by atoms with van der Waals surface area (Å²) in [5.74, 6) is -0.505. The van der Waals surface area contributed by atoms with E-state index in [1.54, 1.807) is 6.07 Å². The van der Waals surface area contributed by atoms with Gasteiger partial charge >= 0.3 is 6.36 Å². The Labute approximate surface area is 123 Å². The molecule has 1 amide bonds. The summed E-state index contributed by atoms with van der Waals surface area (Å²) >= 11 is 3.23. The van der Waals surface area contributed by atoms with Crippen LogP contribution in [0.15, 0.2) is 24.3 Å². The Kier molecular flexibility index (Phi) is 5.86. The van der Waals surface area contributed by atoms with E-state index in [9.17, 15) is 18.0 Å². The summed E-state index contributed by atoms with van der Waals surface area (Å²) < 4.78 is 40.6. The Morgan fingerprint density at radius 3 is 2.50 bits per heavy atom. The highest BCUT2D eigenvalue weighted by molar-refractivity contribution is 9.10. The Bertz CT molecular complexity index is 463. The summed E-state index contributed by atoms with van der Waals surface area (Å²) in [5.41, 5.74) is 0.265. The third-order valence-electron chi connectivity index (χ3n) is 2.49. The first-order valence-electron chi connectivity index (χ1n) is 5.96. The highest BCUT2D eigenvalue weighted by Gasteiger charge is 2.32. The number of amides is 1. The Morgan fingerprint density at radius 1 is 1.35 bits per heavy atom. The standard InChI is InChI=1S/C13H15BrF3NO2/c1-8(2)11(14)12(19)18-7-9-5-3-4-6-10(9)20-13(15,16)17/h3-6,8,11H,7H2,1-2H3,(H,18,19). The van der Waals surface area contributed by atoms with Crippen molar-refractivity contribution >= 4 is 21.8 Å². The van der Waals surface area contributed by atoms with Crippen LogP contribution < -0.4 is 10.1 Å². The topological polar surface area (TPSA) is 38.3 Å². The molecule has 0 aliphatic carbocycles. The van der Waals surface area contributed by atoms with Crippen LogP contribution in [0.2, 0.25) is 0 Å². The number of hydrogen-bond acceptors (Lipinski definition) is 2. The van der Waals surface area contributed by atoms with Crippen LogP contribution in [0.3, 0.4) is 0 Å². The van der Waals surface area contributed by atoms with Crippen molar-refractivity contribution in [2.24, 2.45) is 5.92 Å². The minimum absolute atomic E-state index is 0.0279. The van der Waals surface area contributed by atoms with Crippen LogP contribution in [0.25, 0.3) is 0 Å². The molecule has 1 rings (SSSR count). The van der Waals surface area contributed by atoms with Gasteiger partial charge in [0.05, 0.1) is 4.83 Å². The number of hydrogen-bond donors (Lipinski definition) is 1. The highest BCUT2D eigenvalue weighted by Crippen LogP contribution is 2.26.